The molecule has 0 N–H and O–H groups in total. The van der Waals surface area contributed by atoms with Crippen molar-refractivity contribution in [2.45, 2.75) is 13.3 Å². The Labute approximate surface area is 73.6 Å². The molecule has 0 saturated heterocycles. The molecule has 1 aromatic rings. The number of hydrogen-bond acceptors (Lipinski definition) is 0. The molecule has 0 atom stereocenters. The average molecular weight is 158 g/mol. The van der Waals surface area contributed by atoms with E-state index in [0.717, 1.165) is 11.6 Å². The summed E-state index contributed by atoms with van der Waals surface area (Å²) in [6.07, 6.45) is 2.92. The first-order chi connectivity index (χ1) is 5.79. The van der Waals surface area contributed by atoms with Crippen LogP contribution in [0.3, 0.4) is 0 Å². The molecule has 0 heterocycles. The van der Waals surface area contributed by atoms with Crippen LogP contribution in [0.2, 0.25) is 0 Å². The molecule has 0 aliphatic rings. The second kappa shape index (κ2) is 3.91. The van der Waals surface area contributed by atoms with Crippen LogP contribution in [0, 0.1) is 0 Å². The number of rotatable bonds is 2. The molecule has 62 valence electrons. The monoisotopic (exact) mass is 158 g/mol. The Morgan fingerprint density at radius 2 is 2.08 bits per heavy atom. The fourth-order valence-electron chi connectivity index (χ4n) is 1.28. The summed E-state index contributed by atoms with van der Waals surface area (Å²) < 4.78 is 0. The van der Waals surface area contributed by atoms with Gasteiger partial charge in [-0.15, -0.1) is 0 Å². The second-order valence-corrected chi connectivity index (χ2v) is 2.74. The SMILES string of the molecule is C=C/C(CC)=c1/ccccc1=C. The lowest BCUT2D eigenvalue weighted by Crippen LogP contribution is -2.24. The molecule has 0 aliphatic carbocycles. The van der Waals surface area contributed by atoms with Crippen molar-refractivity contribution >= 4 is 12.2 Å². The smallest absolute Gasteiger partial charge is 0.0158 e. The van der Waals surface area contributed by atoms with Gasteiger partial charge in [0.05, 0.1) is 0 Å². The largest absolute Gasteiger partial charge is 0.0988 e. The molecule has 0 nitrogen and oxygen atoms in total. The molecule has 0 unspecified atom stereocenters. The normalized spacial score (nSPS) is 12.4. The van der Waals surface area contributed by atoms with Gasteiger partial charge in [-0.1, -0.05) is 50.4 Å². The minimum Gasteiger partial charge on any atom is -0.0988 e. The lowest BCUT2D eigenvalue weighted by Gasteiger charge is -1.96. The maximum absolute atomic E-state index is 3.97. The summed E-state index contributed by atoms with van der Waals surface area (Å²) in [5, 5.41) is 2.30. The van der Waals surface area contributed by atoms with Crippen molar-refractivity contribution in [3.8, 4) is 0 Å². The Morgan fingerprint density at radius 3 is 2.58 bits per heavy atom. The lowest BCUT2D eigenvalue weighted by atomic mass is 10.1. The predicted octanol–water partition coefficient (Wildman–Crippen LogP) is 1.84. The van der Waals surface area contributed by atoms with E-state index in [4.69, 9.17) is 0 Å². The maximum atomic E-state index is 3.97. The quantitative estimate of drug-likeness (QED) is 0.616. The van der Waals surface area contributed by atoms with Crippen LogP contribution in [-0.2, 0) is 0 Å². The lowest BCUT2D eigenvalue weighted by molar-refractivity contribution is 1.23. The molecule has 0 saturated carbocycles. The Hall–Kier alpha value is -1.30. The number of allylic oxidation sites excluding steroid dienone is 1. The van der Waals surface area contributed by atoms with Crippen molar-refractivity contribution in [3.63, 3.8) is 0 Å². The van der Waals surface area contributed by atoms with Crippen LogP contribution in [0.4, 0.5) is 0 Å². The molecule has 0 fully saturated rings. The van der Waals surface area contributed by atoms with Crippen molar-refractivity contribution in [3.05, 3.63) is 47.4 Å². The molecule has 1 aromatic carbocycles. The van der Waals surface area contributed by atoms with Gasteiger partial charge in [-0.3, -0.25) is 0 Å². The number of hydrogen-bond donors (Lipinski definition) is 0. The van der Waals surface area contributed by atoms with Gasteiger partial charge >= 0.3 is 0 Å². The van der Waals surface area contributed by atoms with Crippen LogP contribution in [0.1, 0.15) is 13.3 Å². The van der Waals surface area contributed by atoms with Crippen LogP contribution in [-0.4, -0.2) is 0 Å². The zero-order valence-electron chi connectivity index (χ0n) is 7.51. The van der Waals surface area contributed by atoms with Gasteiger partial charge in [-0.25, -0.2) is 0 Å². The Balaban J connectivity index is 3.53. The first-order valence-corrected chi connectivity index (χ1v) is 4.19. The van der Waals surface area contributed by atoms with Crippen LogP contribution >= 0.6 is 0 Å². The van der Waals surface area contributed by atoms with E-state index in [9.17, 15) is 0 Å². The van der Waals surface area contributed by atoms with Gasteiger partial charge < -0.3 is 0 Å². The van der Waals surface area contributed by atoms with E-state index in [1.807, 2.05) is 24.3 Å². The summed E-state index contributed by atoms with van der Waals surface area (Å²) in [7, 11) is 0. The first-order valence-electron chi connectivity index (χ1n) is 4.19. The molecular formula is C12H14. The Morgan fingerprint density at radius 1 is 1.42 bits per heavy atom. The molecule has 0 spiro atoms. The predicted molar refractivity (Wildman–Crippen MR) is 55.1 cm³/mol. The van der Waals surface area contributed by atoms with E-state index in [1.165, 1.54) is 10.8 Å². The average Bonchev–Trinajstić information content (AvgIpc) is 2.10. The fraction of sp³-hybridized carbons (Fsp3) is 0.167. The van der Waals surface area contributed by atoms with Crippen molar-refractivity contribution in [2.24, 2.45) is 0 Å². The standard InChI is InChI=1S/C12H14/c1-4-11(5-2)12-9-7-6-8-10(12)3/h4,6-9H,1,3,5H2,2H3/b12-11+. The van der Waals surface area contributed by atoms with Gasteiger partial charge in [-0.05, 0) is 22.4 Å². The van der Waals surface area contributed by atoms with E-state index in [1.54, 1.807) is 0 Å². The van der Waals surface area contributed by atoms with Crippen molar-refractivity contribution < 1.29 is 0 Å². The van der Waals surface area contributed by atoms with Crippen LogP contribution in [0.5, 0.6) is 0 Å². The van der Waals surface area contributed by atoms with E-state index < -0.39 is 0 Å². The van der Waals surface area contributed by atoms with E-state index in [2.05, 4.69) is 26.1 Å². The van der Waals surface area contributed by atoms with E-state index in [0.29, 0.717) is 0 Å². The third kappa shape index (κ3) is 1.65. The molecular weight excluding hydrogens is 144 g/mol. The highest BCUT2D eigenvalue weighted by molar-refractivity contribution is 5.55. The summed E-state index contributed by atoms with van der Waals surface area (Å²) in [4.78, 5) is 0. The molecule has 0 aliphatic heterocycles. The third-order valence-electron chi connectivity index (χ3n) is 1.99. The van der Waals surface area contributed by atoms with Gasteiger partial charge in [0.2, 0.25) is 0 Å². The second-order valence-electron chi connectivity index (χ2n) is 2.74. The van der Waals surface area contributed by atoms with E-state index >= 15 is 0 Å². The van der Waals surface area contributed by atoms with Crippen LogP contribution in [0.15, 0.2) is 36.9 Å². The first kappa shape index (κ1) is 8.79. The zero-order chi connectivity index (χ0) is 8.97. The van der Waals surface area contributed by atoms with Crippen molar-refractivity contribution in [2.75, 3.05) is 0 Å². The van der Waals surface area contributed by atoms with Crippen LogP contribution in [0.25, 0.3) is 12.2 Å². The van der Waals surface area contributed by atoms with Crippen molar-refractivity contribution in [1.82, 2.24) is 0 Å². The van der Waals surface area contributed by atoms with Gasteiger partial charge in [0.15, 0.2) is 0 Å². The highest BCUT2D eigenvalue weighted by Gasteiger charge is 1.88. The molecule has 0 amide bonds. The minimum absolute atomic E-state index is 1.01. The summed E-state index contributed by atoms with van der Waals surface area (Å²) in [6.45, 7) is 9.88. The molecule has 1 rings (SSSR count). The van der Waals surface area contributed by atoms with E-state index in [-0.39, 0.29) is 0 Å². The van der Waals surface area contributed by atoms with Gasteiger partial charge in [0, 0.05) is 0 Å². The summed E-state index contributed by atoms with van der Waals surface area (Å²) in [5.41, 5.74) is 1.26. The molecule has 0 bridgehead atoms. The van der Waals surface area contributed by atoms with Gasteiger partial charge in [0.1, 0.15) is 0 Å². The number of benzene rings is 1. The highest BCUT2D eigenvalue weighted by atomic mass is 13.9. The molecule has 0 aromatic heterocycles. The van der Waals surface area contributed by atoms with Crippen molar-refractivity contribution in [1.29, 1.82) is 0 Å². The third-order valence-corrected chi connectivity index (χ3v) is 1.99. The van der Waals surface area contributed by atoms with Gasteiger partial charge in [0.25, 0.3) is 0 Å². The maximum Gasteiger partial charge on any atom is -0.0158 e. The summed E-state index contributed by atoms with van der Waals surface area (Å²) in [6, 6.07) is 8.14. The highest BCUT2D eigenvalue weighted by Crippen LogP contribution is 1.97. The molecule has 0 radical (unpaired) electrons. The zero-order valence-corrected chi connectivity index (χ0v) is 7.51. The summed E-state index contributed by atoms with van der Waals surface area (Å²) in [5.74, 6) is 0. The minimum atomic E-state index is 1.01. The van der Waals surface area contributed by atoms with Crippen LogP contribution < -0.4 is 10.4 Å². The molecule has 0 heteroatoms. The molecule has 12 heavy (non-hydrogen) atoms. The fourth-order valence-corrected chi connectivity index (χ4v) is 1.28. The Bertz CT molecular complexity index is 371. The Kier molecular flexibility index (Phi) is 2.87. The topological polar surface area (TPSA) is 0 Å². The van der Waals surface area contributed by atoms with Gasteiger partial charge in [-0.2, -0.15) is 0 Å². The summed E-state index contributed by atoms with van der Waals surface area (Å²) >= 11 is 0.